The molecule has 4 fully saturated rings. The molecule has 4 aliphatic rings. The molecule has 9 atom stereocenters. The van der Waals surface area contributed by atoms with Gasteiger partial charge in [0.25, 0.3) is 0 Å². The topological polar surface area (TPSA) is 29.5 Å². The Balaban J connectivity index is 1.48. The summed E-state index contributed by atoms with van der Waals surface area (Å²) in [5.41, 5.74) is 0.918. The van der Waals surface area contributed by atoms with Crippen molar-refractivity contribution in [1.82, 2.24) is 0 Å². The van der Waals surface area contributed by atoms with Crippen molar-refractivity contribution in [1.29, 1.82) is 0 Å². The van der Waals surface area contributed by atoms with Crippen LogP contribution in [0.4, 0.5) is 0 Å². The molecule has 1 N–H and O–H groups in total. The first-order valence-electron chi connectivity index (χ1n) is 13.2. The highest BCUT2D eigenvalue weighted by Crippen LogP contribution is 2.68. The van der Waals surface area contributed by atoms with E-state index in [2.05, 4.69) is 47.7 Å². The maximum atomic E-state index is 10.5. The molecule has 4 aliphatic carbocycles. The van der Waals surface area contributed by atoms with Crippen molar-refractivity contribution in [3.8, 4) is 0 Å². The van der Waals surface area contributed by atoms with E-state index in [4.69, 9.17) is 4.43 Å². The molecule has 0 bridgehead atoms. The van der Waals surface area contributed by atoms with E-state index in [1.54, 1.807) is 0 Å². The third-order valence-electron chi connectivity index (χ3n) is 11.5. The molecule has 0 saturated heterocycles. The van der Waals surface area contributed by atoms with Gasteiger partial charge in [-0.1, -0.05) is 34.6 Å². The molecule has 174 valence electrons. The van der Waals surface area contributed by atoms with Crippen molar-refractivity contribution in [2.45, 2.75) is 130 Å². The van der Waals surface area contributed by atoms with E-state index in [-0.39, 0.29) is 6.10 Å². The van der Waals surface area contributed by atoms with E-state index in [9.17, 15) is 5.11 Å². The maximum absolute atomic E-state index is 10.5. The Bertz CT molecular complexity index is 637. The zero-order valence-corrected chi connectivity index (χ0v) is 22.3. The zero-order valence-electron chi connectivity index (χ0n) is 21.3. The zero-order chi connectivity index (χ0) is 22.1. The van der Waals surface area contributed by atoms with Crippen LogP contribution in [0.15, 0.2) is 0 Å². The quantitative estimate of drug-likeness (QED) is 0.468. The molecule has 0 amide bonds. The lowest BCUT2D eigenvalue weighted by Gasteiger charge is -2.61. The van der Waals surface area contributed by atoms with Crippen molar-refractivity contribution in [2.75, 3.05) is 0 Å². The molecule has 0 aromatic heterocycles. The van der Waals surface area contributed by atoms with Gasteiger partial charge in [0.1, 0.15) is 0 Å². The number of rotatable bonds is 3. The van der Waals surface area contributed by atoms with Crippen LogP contribution in [0, 0.1) is 40.4 Å². The third-order valence-corrected chi connectivity index (χ3v) is 16.1. The SMILES string of the molecule is CC(O)[C@H]1CC[C@H]2[C@@H]3CC[C@@H]4CC(O[Si](C)(C)C(C)(C)C)CC[C@]4(C)[C@H]3CC[C@]12C. The molecule has 0 radical (unpaired) electrons. The van der Waals surface area contributed by atoms with Gasteiger partial charge in [0, 0.05) is 6.10 Å². The van der Waals surface area contributed by atoms with E-state index in [1.165, 1.54) is 57.8 Å². The fraction of sp³-hybridized carbons (Fsp3) is 1.00. The van der Waals surface area contributed by atoms with Crippen molar-refractivity contribution in [2.24, 2.45) is 40.4 Å². The molecule has 4 saturated carbocycles. The minimum Gasteiger partial charge on any atom is -0.414 e. The standard InChI is InChI=1S/C27H50O2Si/c1-18(28)22-11-12-23-21-10-9-19-17-20(29-30(7,8)25(2,3)4)13-15-26(19,5)24(21)14-16-27(22,23)6/h18-24,28H,9-17H2,1-8H3/t18?,19-,20?,21+,22-,23+,24+,26+,27-/m1/s1. The Labute approximate surface area is 188 Å². The molecule has 3 heteroatoms. The molecular weight excluding hydrogens is 384 g/mol. The summed E-state index contributed by atoms with van der Waals surface area (Å²) < 4.78 is 6.91. The van der Waals surface area contributed by atoms with Gasteiger partial charge in [0.05, 0.1) is 6.10 Å². The molecule has 2 nitrogen and oxygen atoms in total. The summed E-state index contributed by atoms with van der Waals surface area (Å²) in [5, 5.41) is 10.8. The summed E-state index contributed by atoms with van der Waals surface area (Å²) >= 11 is 0. The van der Waals surface area contributed by atoms with Crippen LogP contribution < -0.4 is 0 Å². The van der Waals surface area contributed by atoms with Crippen LogP contribution in [-0.4, -0.2) is 25.6 Å². The van der Waals surface area contributed by atoms with Gasteiger partial charge in [-0.25, -0.2) is 0 Å². The molecule has 0 heterocycles. The number of hydrogen-bond donors (Lipinski definition) is 1. The van der Waals surface area contributed by atoms with Crippen LogP contribution in [0.2, 0.25) is 18.1 Å². The Hall–Kier alpha value is 0.137. The third kappa shape index (κ3) is 3.57. The van der Waals surface area contributed by atoms with Gasteiger partial charge in [-0.05, 0) is 123 Å². The van der Waals surface area contributed by atoms with Crippen molar-refractivity contribution in [3.05, 3.63) is 0 Å². The van der Waals surface area contributed by atoms with Gasteiger partial charge < -0.3 is 9.53 Å². The van der Waals surface area contributed by atoms with Gasteiger partial charge in [-0.3, -0.25) is 0 Å². The first kappa shape index (κ1) is 23.3. The van der Waals surface area contributed by atoms with E-state index >= 15 is 0 Å². The minimum absolute atomic E-state index is 0.133. The smallest absolute Gasteiger partial charge is 0.192 e. The van der Waals surface area contributed by atoms with Crippen LogP contribution in [-0.2, 0) is 4.43 Å². The Morgan fingerprint density at radius 3 is 2.17 bits per heavy atom. The van der Waals surface area contributed by atoms with Crippen LogP contribution in [0.1, 0.15) is 99.3 Å². The molecular formula is C27H50O2Si. The van der Waals surface area contributed by atoms with Crippen LogP contribution in [0.5, 0.6) is 0 Å². The lowest BCUT2D eigenvalue weighted by molar-refractivity contribution is -0.130. The average molecular weight is 435 g/mol. The summed E-state index contributed by atoms with van der Waals surface area (Å²) in [6.45, 7) is 19.2. The van der Waals surface area contributed by atoms with Gasteiger partial charge >= 0.3 is 0 Å². The van der Waals surface area contributed by atoms with Crippen LogP contribution in [0.25, 0.3) is 0 Å². The number of aliphatic hydroxyl groups excluding tert-OH is 1. The summed E-state index contributed by atoms with van der Waals surface area (Å²) in [6.07, 6.45) is 12.6. The Morgan fingerprint density at radius 1 is 0.900 bits per heavy atom. The Morgan fingerprint density at radius 2 is 1.53 bits per heavy atom. The fourth-order valence-corrected chi connectivity index (χ4v) is 10.2. The molecule has 0 aliphatic heterocycles. The predicted octanol–water partition coefficient (Wildman–Crippen LogP) is 7.42. The van der Waals surface area contributed by atoms with Gasteiger partial charge in [-0.15, -0.1) is 0 Å². The predicted molar refractivity (Wildman–Crippen MR) is 129 cm³/mol. The molecule has 0 spiro atoms. The highest BCUT2D eigenvalue weighted by atomic mass is 28.4. The molecule has 0 aromatic carbocycles. The van der Waals surface area contributed by atoms with Crippen molar-refractivity contribution in [3.63, 3.8) is 0 Å². The normalized spacial score (nSPS) is 47.9. The van der Waals surface area contributed by atoms with E-state index in [1.807, 2.05) is 6.92 Å². The largest absolute Gasteiger partial charge is 0.414 e. The second kappa shape index (κ2) is 7.59. The molecule has 0 aromatic rings. The molecule has 2 unspecified atom stereocenters. The molecule has 30 heavy (non-hydrogen) atoms. The van der Waals surface area contributed by atoms with Crippen molar-refractivity contribution >= 4 is 8.32 Å². The number of aliphatic hydroxyl groups is 1. The summed E-state index contributed by atoms with van der Waals surface area (Å²) in [4.78, 5) is 0. The summed E-state index contributed by atoms with van der Waals surface area (Å²) in [5.74, 6) is 4.07. The van der Waals surface area contributed by atoms with E-state index in [0.29, 0.717) is 27.9 Å². The van der Waals surface area contributed by atoms with Crippen LogP contribution >= 0.6 is 0 Å². The van der Waals surface area contributed by atoms with Crippen molar-refractivity contribution < 1.29 is 9.53 Å². The second-order valence-corrected chi connectivity index (χ2v) is 18.7. The van der Waals surface area contributed by atoms with E-state index < -0.39 is 8.32 Å². The van der Waals surface area contributed by atoms with E-state index in [0.717, 1.165) is 23.7 Å². The number of fused-ring (bicyclic) bond motifs is 5. The summed E-state index contributed by atoms with van der Waals surface area (Å²) in [6, 6.07) is 0. The van der Waals surface area contributed by atoms with Crippen LogP contribution in [0.3, 0.4) is 0 Å². The average Bonchev–Trinajstić information content (AvgIpc) is 2.98. The second-order valence-electron chi connectivity index (χ2n) is 13.9. The van der Waals surface area contributed by atoms with Gasteiger partial charge in [-0.2, -0.15) is 0 Å². The maximum Gasteiger partial charge on any atom is 0.192 e. The first-order valence-corrected chi connectivity index (χ1v) is 16.1. The Kier molecular flexibility index (Phi) is 5.89. The van der Waals surface area contributed by atoms with Gasteiger partial charge in [0.15, 0.2) is 8.32 Å². The summed E-state index contributed by atoms with van der Waals surface area (Å²) in [7, 11) is -1.68. The number of hydrogen-bond acceptors (Lipinski definition) is 2. The lowest BCUT2D eigenvalue weighted by atomic mass is 9.44. The first-order chi connectivity index (χ1) is 13.8. The fourth-order valence-electron chi connectivity index (χ4n) is 8.75. The minimum atomic E-state index is -1.68. The van der Waals surface area contributed by atoms with Gasteiger partial charge in [0.2, 0.25) is 0 Å². The molecule has 4 rings (SSSR count). The highest BCUT2D eigenvalue weighted by Gasteiger charge is 2.60. The highest BCUT2D eigenvalue weighted by molar-refractivity contribution is 6.74. The lowest BCUT2D eigenvalue weighted by Crippen LogP contribution is -2.55. The monoisotopic (exact) mass is 434 g/mol.